The number of nitro benzene ring substituents is 1. The Morgan fingerprint density at radius 2 is 2.00 bits per heavy atom. The molecule has 0 atom stereocenters. The lowest BCUT2D eigenvalue weighted by Crippen LogP contribution is -2.19. The number of rotatable bonds is 7. The van der Waals surface area contributed by atoms with Gasteiger partial charge in [-0.3, -0.25) is 14.9 Å². The van der Waals surface area contributed by atoms with Crippen molar-refractivity contribution in [2.24, 2.45) is 5.10 Å². The summed E-state index contributed by atoms with van der Waals surface area (Å²) in [5, 5.41) is 15.1. The molecule has 9 heteroatoms. The van der Waals surface area contributed by atoms with Crippen LogP contribution in [0.15, 0.2) is 68.6 Å². The van der Waals surface area contributed by atoms with E-state index in [9.17, 15) is 14.9 Å². The second kappa shape index (κ2) is 9.16. The minimum absolute atomic E-state index is 0.0787. The Balaban J connectivity index is 1.63. The van der Waals surface area contributed by atoms with Crippen LogP contribution in [-0.4, -0.2) is 24.2 Å². The zero-order valence-electron chi connectivity index (χ0n) is 15.3. The molecule has 0 aliphatic rings. The number of hydrogen-bond donors (Lipinski definition) is 1. The highest BCUT2D eigenvalue weighted by Gasteiger charge is 2.18. The average molecular weight is 458 g/mol. The van der Waals surface area contributed by atoms with Gasteiger partial charge in [0.1, 0.15) is 17.3 Å². The molecule has 3 aromatic rings. The number of hydrogen-bond acceptors (Lipinski definition) is 6. The molecule has 0 aliphatic carbocycles. The molecule has 0 spiro atoms. The smallest absolute Gasteiger partial charge is 0.281 e. The van der Waals surface area contributed by atoms with Crippen LogP contribution in [-0.2, 0) is 11.2 Å². The summed E-state index contributed by atoms with van der Waals surface area (Å²) in [6.07, 6.45) is 1.50. The number of benzene rings is 2. The first-order valence-corrected chi connectivity index (χ1v) is 9.24. The molecule has 148 valence electrons. The largest absolute Gasteiger partial charge is 0.497 e. The quantitative estimate of drug-likeness (QED) is 0.323. The number of ether oxygens (including phenoxy) is 1. The molecule has 1 aromatic heterocycles. The number of methoxy groups -OCH3 is 1. The Labute approximate surface area is 174 Å². The van der Waals surface area contributed by atoms with E-state index in [0.29, 0.717) is 27.3 Å². The molecule has 3 rings (SSSR count). The van der Waals surface area contributed by atoms with E-state index < -0.39 is 4.92 Å². The lowest BCUT2D eigenvalue weighted by Gasteiger charge is -2.02. The van der Waals surface area contributed by atoms with Gasteiger partial charge in [-0.15, -0.1) is 0 Å². The summed E-state index contributed by atoms with van der Waals surface area (Å²) in [6.45, 7) is 0. The van der Waals surface area contributed by atoms with Gasteiger partial charge < -0.3 is 9.15 Å². The number of nitro groups is 1. The van der Waals surface area contributed by atoms with Crippen LogP contribution >= 0.6 is 15.9 Å². The van der Waals surface area contributed by atoms with Crippen molar-refractivity contribution in [3.63, 3.8) is 0 Å². The maximum absolute atomic E-state index is 12.0. The Morgan fingerprint density at radius 1 is 1.24 bits per heavy atom. The Morgan fingerprint density at radius 3 is 2.69 bits per heavy atom. The van der Waals surface area contributed by atoms with Gasteiger partial charge in [-0.05, 0) is 42.0 Å². The second-order valence-electron chi connectivity index (χ2n) is 5.94. The van der Waals surface area contributed by atoms with Crippen LogP contribution in [0.1, 0.15) is 11.3 Å². The van der Waals surface area contributed by atoms with Gasteiger partial charge >= 0.3 is 0 Å². The van der Waals surface area contributed by atoms with E-state index in [0.717, 1.165) is 5.56 Å². The number of carbonyl (C=O) groups is 1. The van der Waals surface area contributed by atoms with Gasteiger partial charge in [0, 0.05) is 10.5 Å². The number of hydrazone groups is 1. The zero-order valence-corrected chi connectivity index (χ0v) is 16.9. The average Bonchev–Trinajstić information content (AvgIpc) is 3.17. The highest BCUT2D eigenvalue weighted by molar-refractivity contribution is 9.10. The number of nitrogens with zero attached hydrogens (tertiary/aromatic N) is 2. The van der Waals surface area contributed by atoms with Crippen molar-refractivity contribution in [1.82, 2.24) is 5.43 Å². The van der Waals surface area contributed by atoms with Crippen molar-refractivity contribution in [1.29, 1.82) is 0 Å². The number of nitrogens with one attached hydrogen (secondary N) is 1. The summed E-state index contributed by atoms with van der Waals surface area (Å²) in [5.74, 6) is 1.10. The molecule has 1 amide bonds. The SMILES string of the molecule is COc1ccc(CC(=O)N/N=C\c2ccc(-c3ccc(Br)cc3[N+](=O)[O-])o2)cc1. The van der Waals surface area contributed by atoms with E-state index in [1.807, 2.05) is 0 Å². The third-order valence-electron chi connectivity index (χ3n) is 3.95. The van der Waals surface area contributed by atoms with E-state index in [2.05, 4.69) is 26.5 Å². The lowest BCUT2D eigenvalue weighted by molar-refractivity contribution is -0.384. The number of carbonyl (C=O) groups excluding carboxylic acids is 1. The molecular formula is C20H16BrN3O5. The second-order valence-corrected chi connectivity index (χ2v) is 6.85. The topological polar surface area (TPSA) is 107 Å². The first-order chi connectivity index (χ1) is 14.0. The van der Waals surface area contributed by atoms with E-state index in [-0.39, 0.29) is 18.0 Å². The zero-order chi connectivity index (χ0) is 20.8. The van der Waals surface area contributed by atoms with Crippen molar-refractivity contribution in [2.45, 2.75) is 6.42 Å². The predicted molar refractivity (Wildman–Crippen MR) is 111 cm³/mol. The summed E-state index contributed by atoms with van der Waals surface area (Å²) in [7, 11) is 1.57. The van der Waals surface area contributed by atoms with E-state index in [4.69, 9.17) is 9.15 Å². The first-order valence-electron chi connectivity index (χ1n) is 8.45. The van der Waals surface area contributed by atoms with Crippen LogP contribution < -0.4 is 10.2 Å². The summed E-state index contributed by atoms with van der Waals surface area (Å²) in [6, 6.07) is 15.1. The third-order valence-corrected chi connectivity index (χ3v) is 4.45. The standard InChI is InChI=1S/C20H16BrN3O5/c1-28-15-5-2-13(3-6-15)10-20(25)23-22-12-16-7-9-19(29-16)17-8-4-14(21)11-18(17)24(26)27/h2-9,11-12H,10H2,1H3,(H,23,25)/b22-12-. The predicted octanol–water partition coefficient (Wildman–Crippen LogP) is 4.32. The fourth-order valence-corrected chi connectivity index (χ4v) is 2.92. The van der Waals surface area contributed by atoms with Gasteiger partial charge in [0.2, 0.25) is 5.91 Å². The highest BCUT2D eigenvalue weighted by atomic mass is 79.9. The lowest BCUT2D eigenvalue weighted by atomic mass is 10.1. The molecule has 8 nitrogen and oxygen atoms in total. The number of amides is 1. The highest BCUT2D eigenvalue weighted by Crippen LogP contribution is 2.33. The van der Waals surface area contributed by atoms with Gasteiger partial charge in [0.05, 0.1) is 30.2 Å². The van der Waals surface area contributed by atoms with Crippen LogP contribution in [0.4, 0.5) is 5.69 Å². The van der Waals surface area contributed by atoms with Crippen LogP contribution in [0.2, 0.25) is 0 Å². The van der Waals surface area contributed by atoms with Gasteiger partial charge in [0.25, 0.3) is 5.69 Å². The van der Waals surface area contributed by atoms with Crippen LogP contribution in [0.5, 0.6) is 5.75 Å². The van der Waals surface area contributed by atoms with Gasteiger partial charge in [-0.25, -0.2) is 5.43 Å². The summed E-state index contributed by atoms with van der Waals surface area (Å²) < 4.78 is 11.3. The van der Waals surface area contributed by atoms with Crippen molar-refractivity contribution >= 4 is 33.7 Å². The minimum atomic E-state index is -0.476. The molecule has 0 saturated carbocycles. The molecular weight excluding hydrogens is 442 g/mol. The van der Waals surface area contributed by atoms with Crippen LogP contribution in [0.25, 0.3) is 11.3 Å². The van der Waals surface area contributed by atoms with Crippen molar-refractivity contribution in [3.05, 3.63) is 80.5 Å². The molecule has 2 aromatic carbocycles. The molecule has 0 unspecified atom stereocenters. The van der Waals surface area contributed by atoms with Crippen LogP contribution in [0.3, 0.4) is 0 Å². The Kier molecular flexibility index (Phi) is 6.40. The van der Waals surface area contributed by atoms with Gasteiger partial charge in [-0.2, -0.15) is 5.10 Å². The van der Waals surface area contributed by atoms with E-state index in [1.54, 1.807) is 55.6 Å². The normalized spacial score (nSPS) is 10.8. The summed E-state index contributed by atoms with van der Waals surface area (Å²) >= 11 is 3.22. The van der Waals surface area contributed by atoms with Gasteiger partial charge in [0.15, 0.2) is 0 Å². The van der Waals surface area contributed by atoms with Crippen molar-refractivity contribution < 1.29 is 18.9 Å². The maximum atomic E-state index is 12.0. The molecule has 29 heavy (non-hydrogen) atoms. The number of halogens is 1. The third kappa shape index (κ3) is 5.29. The Hall–Kier alpha value is -3.46. The monoisotopic (exact) mass is 457 g/mol. The Bertz CT molecular complexity index is 1060. The van der Waals surface area contributed by atoms with E-state index in [1.165, 1.54) is 12.3 Å². The number of furan rings is 1. The molecule has 0 fully saturated rings. The fourth-order valence-electron chi connectivity index (χ4n) is 2.57. The van der Waals surface area contributed by atoms with Crippen molar-refractivity contribution in [2.75, 3.05) is 7.11 Å². The molecule has 1 N–H and O–H groups in total. The molecule has 0 saturated heterocycles. The maximum Gasteiger partial charge on any atom is 0.281 e. The molecule has 1 heterocycles. The molecule has 0 bridgehead atoms. The fraction of sp³-hybridized carbons (Fsp3) is 0.100. The van der Waals surface area contributed by atoms with Crippen molar-refractivity contribution in [3.8, 4) is 17.1 Å². The summed E-state index contributed by atoms with van der Waals surface area (Å²) in [4.78, 5) is 22.7. The van der Waals surface area contributed by atoms with E-state index >= 15 is 0 Å². The minimum Gasteiger partial charge on any atom is -0.497 e. The summed E-state index contributed by atoms with van der Waals surface area (Å²) in [5.41, 5.74) is 3.51. The van der Waals surface area contributed by atoms with Crippen LogP contribution in [0, 0.1) is 10.1 Å². The first kappa shape index (κ1) is 20.3. The molecule has 0 aliphatic heterocycles. The van der Waals surface area contributed by atoms with Gasteiger partial charge in [-0.1, -0.05) is 28.1 Å². The molecule has 0 radical (unpaired) electrons.